The summed E-state index contributed by atoms with van der Waals surface area (Å²) >= 11 is 13.0. The Labute approximate surface area is 138 Å². The van der Waals surface area contributed by atoms with Crippen LogP contribution in [0.5, 0.6) is 0 Å². The van der Waals surface area contributed by atoms with Gasteiger partial charge in [0, 0.05) is 11.9 Å². The zero-order valence-electron chi connectivity index (χ0n) is 10.6. The SMILES string of the molecule is CN(Cc1csc(Br)c1)Cc1nc(Cl)c2ccsc2n1. The Morgan fingerprint density at radius 1 is 1.30 bits per heavy atom. The number of thiophene rings is 2. The van der Waals surface area contributed by atoms with E-state index in [1.807, 2.05) is 11.4 Å². The van der Waals surface area contributed by atoms with Gasteiger partial charge in [-0.3, -0.25) is 4.90 Å². The van der Waals surface area contributed by atoms with E-state index in [1.54, 1.807) is 22.7 Å². The third kappa shape index (κ3) is 3.20. The lowest BCUT2D eigenvalue weighted by Crippen LogP contribution is -2.18. The van der Waals surface area contributed by atoms with Crippen LogP contribution in [0.15, 0.2) is 26.7 Å². The summed E-state index contributed by atoms with van der Waals surface area (Å²) in [5, 5.41) is 5.61. The molecule has 0 aliphatic carbocycles. The van der Waals surface area contributed by atoms with Gasteiger partial charge in [-0.1, -0.05) is 11.6 Å². The molecule has 3 rings (SSSR count). The molecule has 0 radical (unpaired) electrons. The van der Waals surface area contributed by atoms with Gasteiger partial charge >= 0.3 is 0 Å². The molecular formula is C13H11BrClN3S2. The number of hydrogen-bond acceptors (Lipinski definition) is 5. The summed E-state index contributed by atoms with van der Waals surface area (Å²) in [4.78, 5) is 12.1. The fourth-order valence-corrected chi connectivity index (χ4v) is 4.26. The fourth-order valence-electron chi connectivity index (χ4n) is 1.97. The number of rotatable bonds is 4. The first-order chi connectivity index (χ1) is 9.61. The molecule has 0 amide bonds. The first kappa shape index (κ1) is 14.4. The van der Waals surface area contributed by atoms with Crippen molar-refractivity contribution in [3.05, 3.63) is 43.2 Å². The molecule has 0 saturated carbocycles. The van der Waals surface area contributed by atoms with E-state index in [1.165, 1.54) is 5.56 Å². The Hall–Kier alpha value is -0.530. The van der Waals surface area contributed by atoms with Crippen LogP contribution < -0.4 is 0 Å². The molecule has 0 fully saturated rings. The van der Waals surface area contributed by atoms with Gasteiger partial charge < -0.3 is 0 Å². The summed E-state index contributed by atoms with van der Waals surface area (Å²) in [7, 11) is 2.06. The number of nitrogens with zero attached hydrogens (tertiary/aromatic N) is 3. The summed E-state index contributed by atoms with van der Waals surface area (Å²) in [6, 6.07) is 4.09. The third-order valence-electron chi connectivity index (χ3n) is 2.81. The van der Waals surface area contributed by atoms with Gasteiger partial charge in [0.15, 0.2) is 0 Å². The van der Waals surface area contributed by atoms with Gasteiger partial charge in [-0.25, -0.2) is 9.97 Å². The predicted molar refractivity (Wildman–Crippen MR) is 89.6 cm³/mol. The third-order valence-corrected chi connectivity index (χ3v) is 5.46. The van der Waals surface area contributed by atoms with Gasteiger partial charge in [0.25, 0.3) is 0 Å². The van der Waals surface area contributed by atoms with Gasteiger partial charge in [0.05, 0.1) is 10.3 Å². The number of aromatic nitrogens is 2. The Morgan fingerprint density at radius 3 is 2.90 bits per heavy atom. The van der Waals surface area contributed by atoms with E-state index in [0.717, 1.165) is 26.4 Å². The van der Waals surface area contributed by atoms with Crippen LogP contribution in [0.2, 0.25) is 5.15 Å². The van der Waals surface area contributed by atoms with E-state index in [-0.39, 0.29) is 0 Å². The normalized spacial score (nSPS) is 11.6. The minimum Gasteiger partial charge on any atom is -0.295 e. The Kier molecular flexibility index (Phi) is 4.37. The Bertz CT molecular complexity index is 740. The van der Waals surface area contributed by atoms with E-state index < -0.39 is 0 Å². The van der Waals surface area contributed by atoms with E-state index in [4.69, 9.17) is 11.6 Å². The monoisotopic (exact) mass is 387 g/mol. The molecule has 3 nitrogen and oxygen atoms in total. The zero-order chi connectivity index (χ0) is 14.1. The molecule has 0 unspecified atom stereocenters. The lowest BCUT2D eigenvalue weighted by Gasteiger charge is -2.14. The second-order valence-electron chi connectivity index (χ2n) is 4.50. The molecule has 7 heteroatoms. The van der Waals surface area contributed by atoms with E-state index in [2.05, 4.69) is 49.3 Å². The second kappa shape index (κ2) is 6.07. The smallest absolute Gasteiger partial charge is 0.145 e. The highest BCUT2D eigenvalue weighted by Gasteiger charge is 2.10. The van der Waals surface area contributed by atoms with Crippen molar-refractivity contribution >= 4 is 60.4 Å². The maximum atomic E-state index is 6.18. The van der Waals surface area contributed by atoms with E-state index in [0.29, 0.717) is 11.7 Å². The minimum atomic E-state index is 0.540. The number of hydrogen-bond donors (Lipinski definition) is 0. The molecule has 0 N–H and O–H groups in total. The minimum absolute atomic E-state index is 0.540. The molecule has 3 aromatic heterocycles. The summed E-state index contributed by atoms with van der Waals surface area (Å²) in [5.74, 6) is 0.766. The molecule has 20 heavy (non-hydrogen) atoms. The standard InChI is InChI=1S/C13H11BrClN3S2/c1-18(5-8-4-10(14)20-7-8)6-11-16-12(15)9-2-3-19-13(9)17-11/h2-4,7H,5-6H2,1H3. The van der Waals surface area contributed by atoms with E-state index >= 15 is 0 Å². The van der Waals surface area contributed by atoms with Crippen molar-refractivity contribution in [2.45, 2.75) is 13.1 Å². The first-order valence-electron chi connectivity index (χ1n) is 5.93. The van der Waals surface area contributed by atoms with Crippen LogP contribution in [-0.4, -0.2) is 21.9 Å². The maximum Gasteiger partial charge on any atom is 0.145 e. The lowest BCUT2D eigenvalue weighted by atomic mass is 10.3. The van der Waals surface area contributed by atoms with Crippen LogP contribution in [0.3, 0.4) is 0 Å². The van der Waals surface area contributed by atoms with Crippen LogP contribution >= 0.6 is 50.2 Å². The lowest BCUT2D eigenvalue weighted by molar-refractivity contribution is 0.311. The van der Waals surface area contributed by atoms with Gasteiger partial charge in [-0.05, 0) is 51.4 Å². The summed E-state index contributed by atoms with van der Waals surface area (Å²) in [6.07, 6.45) is 0. The molecule has 0 bridgehead atoms. The number of halogens is 2. The molecule has 104 valence electrons. The van der Waals surface area contributed by atoms with Crippen LogP contribution in [0.25, 0.3) is 10.2 Å². The highest BCUT2D eigenvalue weighted by molar-refractivity contribution is 9.11. The van der Waals surface area contributed by atoms with Crippen molar-refractivity contribution in [3.63, 3.8) is 0 Å². The quantitative estimate of drug-likeness (QED) is 0.601. The molecule has 3 aromatic rings. The van der Waals surface area contributed by atoms with Crippen LogP contribution in [0, 0.1) is 0 Å². The van der Waals surface area contributed by atoms with Crippen LogP contribution in [0.1, 0.15) is 11.4 Å². The van der Waals surface area contributed by atoms with Crippen molar-refractivity contribution < 1.29 is 0 Å². The fraction of sp³-hybridized carbons (Fsp3) is 0.231. The van der Waals surface area contributed by atoms with Crippen molar-refractivity contribution in [1.82, 2.24) is 14.9 Å². The highest BCUT2D eigenvalue weighted by Crippen LogP contribution is 2.25. The summed E-state index contributed by atoms with van der Waals surface area (Å²) in [6.45, 7) is 1.55. The molecule has 3 heterocycles. The maximum absolute atomic E-state index is 6.18. The molecule has 0 aliphatic rings. The second-order valence-corrected chi connectivity index (χ2v) is 8.04. The highest BCUT2D eigenvalue weighted by atomic mass is 79.9. The van der Waals surface area contributed by atoms with Gasteiger partial charge in [0.2, 0.25) is 0 Å². The van der Waals surface area contributed by atoms with Crippen molar-refractivity contribution in [1.29, 1.82) is 0 Å². The average molecular weight is 389 g/mol. The van der Waals surface area contributed by atoms with Gasteiger partial charge in [-0.2, -0.15) is 0 Å². The van der Waals surface area contributed by atoms with Crippen molar-refractivity contribution in [2.75, 3.05) is 7.05 Å². The van der Waals surface area contributed by atoms with E-state index in [9.17, 15) is 0 Å². The number of fused-ring (bicyclic) bond motifs is 1. The van der Waals surface area contributed by atoms with Crippen molar-refractivity contribution in [2.24, 2.45) is 0 Å². The largest absolute Gasteiger partial charge is 0.295 e. The predicted octanol–water partition coefficient (Wildman–Crippen LogP) is 4.80. The Balaban J connectivity index is 1.75. The molecule has 0 saturated heterocycles. The molecule has 0 spiro atoms. The van der Waals surface area contributed by atoms with Crippen LogP contribution in [0.4, 0.5) is 0 Å². The van der Waals surface area contributed by atoms with Crippen molar-refractivity contribution in [3.8, 4) is 0 Å². The van der Waals surface area contributed by atoms with Gasteiger partial charge in [0.1, 0.15) is 15.8 Å². The molecule has 0 atom stereocenters. The summed E-state index contributed by atoms with van der Waals surface area (Å²) in [5.41, 5.74) is 1.28. The molecule has 0 aromatic carbocycles. The topological polar surface area (TPSA) is 29.0 Å². The molecular weight excluding hydrogens is 378 g/mol. The summed E-state index contributed by atoms with van der Waals surface area (Å²) < 4.78 is 1.15. The Morgan fingerprint density at radius 2 is 2.15 bits per heavy atom. The average Bonchev–Trinajstić information content (AvgIpc) is 2.98. The van der Waals surface area contributed by atoms with Gasteiger partial charge in [-0.15, -0.1) is 22.7 Å². The molecule has 0 aliphatic heterocycles. The zero-order valence-corrected chi connectivity index (χ0v) is 14.6. The van der Waals surface area contributed by atoms with Crippen LogP contribution in [-0.2, 0) is 13.1 Å². The first-order valence-corrected chi connectivity index (χ1v) is 8.86.